The zero-order valence-corrected chi connectivity index (χ0v) is 14.5. The van der Waals surface area contributed by atoms with Crippen molar-refractivity contribution in [1.82, 2.24) is 4.31 Å². The molecule has 1 aliphatic rings. The number of hydrogen-bond donors (Lipinski definition) is 0. The lowest BCUT2D eigenvalue weighted by atomic mass is 10.0. The molecule has 1 fully saturated rings. The van der Waals surface area contributed by atoms with E-state index in [0.717, 1.165) is 30.4 Å². The van der Waals surface area contributed by atoms with Crippen LogP contribution in [0.4, 0.5) is 0 Å². The molecule has 1 saturated heterocycles. The molecule has 0 spiro atoms. The highest BCUT2D eigenvalue weighted by Crippen LogP contribution is 2.36. The third-order valence-corrected chi connectivity index (χ3v) is 6.53. The summed E-state index contributed by atoms with van der Waals surface area (Å²) < 4.78 is 27.6. The fourth-order valence-electron chi connectivity index (χ4n) is 3.18. The Balaban J connectivity index is 1.92. The van der Waals surface area contributed by atoms with Gasteiger partial charge in [0.1, 0.15) is 0 Å². The minimum atomic E-state index is -3.44. The molecular weight excluding hydrogens is 306 g/mol. The highest BCUT2D eigenvalue weighted by molar-refractivity contribution is 7.89. The van der Waals surface area contributed by atoms with Crippen LogP contribution in [0.3, 0.4) is 0 Å². The monoisotopic (exact) mass is 329 g/mol. The van der Waals surface area contributed by atoms with Crippen molar-refractivity contribution in [3.05, 3.63) is 65.2 Å². The predicted octanol–water partition coefficient (Wildman–Crippen LogP) is 4.08. The molecule has 122 valence electrons. The summed E-state index contributed by atoms with van der Waals surface area (Å²) in [5, 5.41) is 0. The molecule has 0 saturated carbocycles. The van der Waals surface area contributed by atoms with Crippen molar-refractivity contribution < 1.29 is 8.42 Å². The van der Waals surface area contributed by atoms with Gasteiger partial charge in [0.2, 0.25) is 10.0 Å². The van der Waals surface area contributed by atoms with Crippen LogP contribution in [-0.2, 0) is 16.4 Å². The summed E-state index contributed by atoms with van der Waals surface area (Å²) in [4.78, 5) is 0.389. The normalized spacial score (nSPS) is 19.1. The highest BCUT2D eigenvalue weighted by Gasteiger charge is 2.35. The second-order valence-corrected chi connectivity index (χ2v) is 8.07. The Morgan fingerprint density at radius 2 is 1.70 bits per heavy atom. The zero-order chi connectivity index (χ0) is 16.4. The van der Waals surface area contributed by atoms with Crippen molar-refractivity contribution in [2.75, 3.05) is 6.54 Å². The predicted molar refractivity (Wildman–Crippen MR) is 92.9 cm³/mol. The Morgan fingerprint density at radius 1 is 1.04 bits per heavy atom. The van der Waals surface area contributed by atoms with Gasteiger partial charge in [0.15, 0.2) is 0 Å². The summed E-state index contributed by atoms with van der Waals surface area (Å²) >= 11 is 0. The topological polar surface area (TPSA) is 37.4 Å². The van der Waals surface area contributed by atoms with E-state index in [-0.39, 0.29) is 6.04 Å². The van der Waals surface area contributed by atoms with E-state index in [4.69, 9.17) is 0 Å². The second-order valence-electron chi connectivity index (χ2n) is 6.18. The molecule has 2 aromatic carbocycles. The lowest BCUT2D eigenvalue weighted by molar-refractivity contribution is 0.396. The number of rotatable bonds is 4. The SMILES string of the molecule is CCc1ccc([C@@H]2CCCN2S(=O)(=O)c2ccc(C)cc2)cc1. The molecule has 0 N–H and O–H groups in total. The molecule has 0 aliphatic carbocycles. The maximum atomic E-state index is 13.0. The molecule has 1 heterocycles. The summed E-state index contributed by atoms with van der Waals surface area (Å²) in [6.07, 6.45) is 2.79. The number of hydrogen-bond acceptors (Lipinski definition) is 2. The molecule has 0 radical (unpaired) electrons. The molecule has 2 aromatic rings. The van der Waals surface area contributed by atoms with E-state index in [1.807, 2.05) is 19.1 Å². The maximum Gasteiger partial charge on any atom is 0.243 e. The molecule has 23 heavy (non-hydrogen) atoms. The van der Waals surface area contributed by atoms with E-state index >= 15 is 0 Å². The Kier molecular flexibility index (Phi) is 4.55. The first-order valence-corrected chi connectivity index (χ1v) is 9.63. The Morgan fingerprint density at radius 3 is 2.30 bits per heavy atom. The highest BCUT2D eigenvalue weighted by atomic mass is 32.2. The molecule has 0 bridgehead atoms. The fourth-order valence-corrected chi connectivity index (χ4v) is 4.86. The summed E-state index contributed by atoms with van der Waals surface area (Å²) in [6.45, 7) is 4.68. The van der Waals surface area contributed by atoms with Crippen LogP contribution in [0.15, 0.2) is 53.4 Å². The van der Waals surface area contributed by atoms with E-state index in [1.165, 1.54) is 5.56 Å². The molecular formula is C19H23NO2S. The van der Waals surface area contributed by atoms with Gasteiger partial charge in [-0.15, -0.1) is 0 Å². The van der Waals surface area contributed by atoms with Crippen LogP contribution in [0.2, 0.25) is 0 Å². The van der Waals surface area contributed by atoms with Gasteiger partial charge in [-0.2, -0.15) is 4.31 Å². The van der Waals surface area contributed by atoms with E-state index in [2.05, 4.69) is 31.2 Å². The largest absolute Gasteiger partial charge is 0.243 e. The van der Waals surface area contributed by atoms with E-state index in [1.54, 1.807) is 16.4 Å². The van der Waals surface area contributed by atoms with Gasteiger partial charge in [0.05, 0.1) is 10.9 Å². The third kappa shape index (κ3) is 3.19. The second kappa shape index (κ2) is 6.46. The van der Waals surface area contributed by atoms with Crippen molar-refractivity contribution in [2.24, 2.45) is 0 Å². The average Bonchev–Trinajstić information content (AvgIpc) is 3.06. The van der Waals surface area contributed by atoms with Crippen LogP contribution in [0, 0.1) is 6.92 Å². The number of aryl methyl sites for hydroxylation is 2. The van der Waals surface area contributed by atoms with Crippen LogP contribution in [0.25, 0.3) is 0 Å². The fraction of sp³-hybridized carbons (Fsp3) is 0.368. The standard InChI is InChI=1S/C19H23NO2S/c1-3-16-8-10-17(11-9-16)19-5-4-14-20(19)23(21,22)18-12-6-15(2)7-13-18/h6-13,19H,3-5,14H2,1-2H3/t19-/m0/s1. The molecule has 1 atom stereocenters. The number of benzene rings is 2. The Labute approximate surface area is 139 Å². The summed E-state index contributed by atoms with van der Waals surface area (Å²) in [6, 6.07) is 15.4. The first-order valence-electron chi connectivity index (χ1n) is 8.19. The minimum absolute atomic E-state index is 0.0489. The summed E-state index contributed by atoms with van der Waals surface area (Å²) in [7, 11) is -3.44. The zero-order valence-electron chi connectivity index (χ0n) is 13.7. The average molecular weight is 329 g/mol. The van der Waals surface area contributed by atoms with Crippen molar-refractivity contribution in [3.63, 3.8) is 0 Å². The molecule has 0 unspecified atom stereocenters. The molecule has 3 nitrogen and oxygen atoms in total. The van der Waals surface area contributed by atoms with Crippen LogP contribution < -0.4 is 0 Å². The Hall–Kier alpha value is -1.65. The maximum absolute atomic E-state index is 13.0. The van der Waals surface area contributed by atoms with Gasteiger partial charge < -0.3 is 0 Å². The molecule has 1 aliphatic heterocycles. The van der Waals surface area contributed by atoms with E-state index in [0.29, 0.717) is 11.4 Å². The first-order chi connectivity index (χ1) is 11.0. The third-order valence-electron chi connectivity index (χ3n) is 4.60. The van der Waals surface area contributed by atoms with Gasteiger partial charge in [-0.3, -0.25) is 0 Å². The van der Waals surface area contributed by atoms with Crippen LogP contribution in [-0.4, -0.2) is 19.3 Å². The minimum Gasteiger partial charge on any atom is -0.207 e. The van der Waals surface area contributed by atoms with E-state index in [9.17, 15) is 8.42 Å². The molecule has 3 rings (SSSR count). The van der Waals surface area contributed by atoms with Gasteiger partial charge in [0.25, 0.3) is 0 Å². The number of nitrogens with zero attached hydrogens (tertiary/aromatic N) is 1. The smallest absolute Gasteiger partial charge is 0.207 e. The molecule has 0 aromatic heterocycles. The van der Waals surface area contributed by atoms with Crippen molar-refractivity contribution in [2.45, 2.75) is 44.0 Å². The van der Waals surface area contributed by atoms with Crippen molar-refractivity contribution in [1.29, 1.82) is 0 Å². The lowest BCUT2D eigenvalue weighted by Crippen LogP contribution is -2.30. The molecule has 4 heteroatoms. The first kappa shape index (κ1) is 16.2. The number of sulfonamides is 1. The van der Waals surface area contributed by atoms with E-state index < -0.39 is 10.0 Å². The molecule has 0 amide bonds. The van der Waals surface area contributed by atoms with Gasteiger partial charge >= 0.3 is 0 Å². The quantitative estimate of drug-likeness (QED) is 0.847. The van der Waals surface area contributed by atoms with Crippen LogP contribution in [0.1, 0.15) is 42.5 Å². The van der Waals surface area contributed by atoms with Crippen LogP contribution in [0.5, 0.6) is 0 Å². The van der Waals surface area contributed by atoms with Gasteiger partial charge in [-0.1, -0.05) is 48.9 Å². The van der Waals surface area contributed by atoms with Gasteiger partial charge in [0, 0.05) is 6.54 Å². The Bertz CT molecular complexity index is 764. The summed E-state index contributed by atoms with van der Waals surface area (Å²) in [5.41, 5.74) is 3.44. The van der Waals surface area contributed by atoms with Gasteiger partial charge in [-0.25, -0.2) is 8.42 Å². The van der Waals surface area contributed by atoms with Crippen molar-refractivity contribution >= 4 is 10.0 Å². The lowest BCUT2D eigenvalue weighted by Gasteiger charge is -2.24. The van der Waals surface area contributed by atoms with Crippen molar-refractivity contribution in [3.8, 4) is 0 Å². The van der Waals surface area contributed by atoms with Crippen LogP contribution >= 0.6 is 0 Å². The summed E-state index contributed by atoms with van der Waals surface area (Å²) in [5.74, 6) is 0. The van der Waals surface area contributed by atoms with Gasteiger partial charge in [-0.05, 0) is 49.4 Å².